The smallest absolute Gasteiger partial charge is 0.252 e. The van der Waals surface area contributed by atoms with Gasteiger partial charge in [0.25, 0.3) is 5.79 Å². The summed E-state index contributed by atoms with van der Waals surface area (Å²) in [5.74, 6) is -1.14. The van der Waals surface area contributed by atoms with Crippen LogP contribution in [0, 0.1) is 0 Å². The standard InChI is InChI=1S/C24H27Cl2N7O/c1-16(34)32-10-3-11-33(32)22-14-28-15-29-24(22,31-21-5-2-4-20(25)23(21)26)30-19-7-6-17-8-9-27-13-18(17)12-19/h2-7,10,12,14-16,27,30-31,34H,8-9,11,13H2,1H3,(H,28,29). The molecule has 5 N–H and O–H groups in total. The minimum atomic E-state index is -1.14. The summed E-state index contributed by atoms with van der Waals surface area (Å²) in [4.78, 5) is 4.83. The first-order valence-corrected chi connectivity index (χ1v) is 12.0. The van der Waals surface area contributed by atoms with Gasteiger partial charge in [0.1, 0.15) is 11.9 Å². The highest BCUT2D eigenvalue weighted by molar-refractivity contribution is 6.43. The van der Waals surface area contributed by atoms with E-state index in [1.54, 1.807) is 24.3 Å². The quantitative estimate of drug-likeness (QED) is 0.387. The molecule has 178 valence electrons. The van der Waals surface area contributed by atoms with Crippen molar-refractivity contribution in [1.29, 1.82) is 0 Å². The van der Waals surface area contributed by atoms with E-state index in [0.717, 1.165) is 30.9 Å². The van der Waals surface area contributed by atoms with Crippen LogP contribution in [-0.2, 0) is 13.0 Å². The van der Waals surface area contributed by atoms with E-state index in [-0.39, 0.29) is 0 Å². The zero-order valence-corrected chi connectivity index (χ0v) is 20.2. The van der Waals surface area contributed by atoms with Gasteiger partial charge < -0.3 is 26.4 Å². The van der Waals surface area contributed by atoms with Gasteiger partial charge in [0, 0.05) is 24.6 Å². The summed E-state index contributed by atoms with van der Waals surface area (Å²) in [6, 6.07) is 11.8. The van der Waals surface area contributed by atoms with E-state index in [9.17, 15) is 5.11 Å². The molecule has 0 radical (unpaired) electrons. The van der Waals surface area contributed by atoms with Crippen molar-refractivity contribution in [1.82, 2.24) is 20.7 Å². The van der Waals surface area contributed by atoms with E-state index >= 15 is 0 Å². The average molecular weight is 500 g/mol. The fourth-order valence-electron chi connectivity index (χ4n) is 4.45. The van der Waals surface area contributed by atoms with Gasteiger partial charge >= 0.3 is 0 Å². The first kappa shape index (κ1) is 22.9. The molecule has 0 aromatic heterocycles. The number of anilines is 2. The fourth-order valence-corrected chi connectivity index (χ4v) is 4.79. The first-order chi connectivity index (χ1) is 16.5. The number of aliphatic imine (C=N–C) groups is 1. The lowest BCUT2D eigenvalue weighted by molar-refractivity contribution is -0.0631. The molecule has 0 saturated carbocycles. The number of hydrogen-bond donors (Lipinski definition) is 5. The van der Waals surface area contributed by atoms with Crippen molar-refractivity contribution < 1.29 is 5.11 Å². The SMILES string of the molecule is CC(O)N1C=CCN1C1=CNC=NC1(Nc1ccc2c(c1)CNCC2)Nc1cccc(Cl)c1Cl. The number of fused-ring (bicyclic) bond motifs is 1. The van der Waals surface area contributed by atoms with Gasteiger partial charge in [0.05, 0.1) is 28.6 Å². The average Bonchev–Trinajstić information content (AvgIpc) is 3.32. The number of hydrazine groups is 1. The van der Waals surface area contributed by atoms with Crippen molar-refractivity contribution >= 4 is 40.9 Å². The molecule has 0 saturated heterocycles. The highest BCUT2D eigenvalue weighted by atomic mass is 35.5. The van der Waals surface area contributed by atoms with E-state index in [0.29, 0.717) is 22.3 Å². The molecule has 0 spiro atoms. The normalized spacial score (nSPS) is 22.2. The summed E-state index contributed by atoms with van der Waals surface area (Å²) in [6.07, 6.45) is 7.59. The molecule has 2 unspecified atom stereocenters. The predicted molar refractivity (Wildman–Crippen MR) is 137 cm³/mol. The lowest BCUT2D eigenvalue weighted by atomic mass is 10.00. The number of aliphatic hydroxyl groups is 1. The van der Waals surface area contributed by atoms with Crippen LogP contribution >= 0.6 is 23.2 Å². The molecule has 3 aliphatic heterocycles. The largest absolute Gasteiger partial charge is 0.372 e. The summed E-state index contributed by atoms with van der Waals surface area (Å²) in [7, 11) is 0. The highest BCUT2D eigenvalue weighted by Crippen LogP contribution is 2.37. The van der Waals surface area contributed by atoms with Gasteiger partial charge in [-0.1, -0.05) is 35.3 Å². The Hall–Kier alpha value is -2.91. The molecule has 2 atom stereocenters. The molecular weight excluding hydrogens is 473 g/mol. The summed E-state index contributed by atoms with van der Waals surface area (Å²) in [5.41, 5.74) is 4.87. The maximum Gasteiger partial charge on any atom is 0.252 e. The molecule has 34 heavy (non-hydrogen) atoms. The Balaban J connectivity index is 1.57. The number of hydrogen-bond acceptors (Lipinski definition) is 8. The summed E-state index contributed by atoms with van der Waals surface area (Å²) in [5, 5.41) is 28.5. The number of aliphatic hydroxyl groups excluding tert-OH is 1. The van der Waals surface area contributed by atoms with Gasteiger partial charge in [-0.2, -0.15) is 0 Å². The van der Waals surface area contributed by atoms with Gasteiger partial charge in [0.15, 0.2) is 0 Å². The Morgan fingerprint density at radius 1 is 1.18 bits per heavy atom. The van der Waals surface area contributed by atoms with Gasteiger partial charge in [0.2, 0.25) is 0 Å². The highest BCUT2D eigenvalue weighted by Gasteiger charge is 2.42. The fraction of sp³-hybridized carbons (Fsp3) is 0.292. The van der Waals surface area contributed by atoms with Crippen LogP contribution in [0.25, 0.3) is 0 Å². The monoisotopic (exact) mass is 499 g/mol. The zero-order valence-electron chi connectivity index (χ0n) is 18.7. The molecule has 2 aromatic rings. The van der Waals surface area contributed by atoms with Crippen LogP contribution in [0.1, 0.15) is 18.1 Å². The van der Waals surface area contributed by atoms with Gasteiger partial charge in [-0.25, -0.2) is 4.99 Å². The second kappa shape index (κ2) is 9.38. The molecule has 0 amide bonds. The molecular formula is C24H27Cl2N7O. The van der Waals surface area contributed by atoms with Crippen LogP contribution in [-0.4, -0.2) is 46.6 Å². The second-order valence-corrected chi connectivity index (χ2v) is 9.19. The van der Waals surface area contributed by atoms with Crippen LogP contribution in [0.2, 0.25) is 10.0 Å². The second-order valence-electron chi connectivity index (χ2n) is 8.41. The minimum absolute atomic E-state index is 0.403. The Bertz CT molecular complexity index is 1170. The van der Waals surface area contributed by atoms with Gasteiger partial charge in [-0.15, -0.1) is 0 Å². The maximum atomic E-state index is 10.4. The third kappa shape index (κ3) is 4.30. The van der Waals surface area contributed by atoms with Crippen LogP contribution in [0.15, 0.2) is 65.6 Å². The number of halogens is 2. The molecule has 0 bridgehead atoms. The minimum Gasteiger partial charge on any atom is -0.372 e. The van der Waals surface area contributed by atoms with Gasteiger partial charge in [-0.3, -0.25) is 10.0 Å². The lowest BCUT2D eigenvalue weighted by Gasteiger charge is -2.44. The van der Waals surface area contributed by atoms with Crippen LogP contribution in [0.5, 0.6) is 0 Å². The lowest BCUT2D eigenvalue weighted by Crippen LogP contribution is -2.56. The molecule has 2 aromatic carbocycles. The Kier molecular flexibility index (Phi) is 6.31. The van der Waals surface area contributed by atoms with Crippen molar-refractivity contribution in [3.05, 3.63) is 81.7 Å². The predicted octanol–water partition coefficient (Wildman–Crippen LogP) is 3.67. The van der Waals surface area contributed by atoms with Crippen molar-refractivity contribution in [3.63, 3.8) is 0 Å². The molecule has 8 nitrogen and oxygen atoms in total. The van der Waals surface area contributed by atoms with Crippen molar-refractivity contribution in [2.75, 3.05) is 23.7 Å². The number of nitrogens with zero attached hydrogens (tertiary/aromatic N) is 3. The van der Waals surface area contributed by atoms with E-state index in [4.69, 9.17) is 28.2 Å². The zero-order chi connectivity index (χ0) is 23.7. The Morgan fingerprint density at radius 3 is 2.91 bits per heavy atom. The third-order valence-corrected chi connectivity index (χ3v) is 6.90. The summed E-state index contributed by atoms with van der Waals surface area (Å²) in [6.45, 7) is 4.09. The van der Waals surface area contributed by atoms with Crippen LogP contribution in [0.4, 0.5) is 11.4 Å². The van der Waals surface area contributed by atoms with E-state index in [2.05, 4.69) is 39.5 Å². The van der Waals surface area contributed by atoms with E-state index < -0.39 is 12.0 Å². The number of nitrogens with one attached hydrogen (secondary N) is 4. The molecule has 3 aliphatic rings. The molecule has 3 heterocycles. The van der Waals surface area contributed by atoms with E-state index in [1.807, 2.05) is 35.6 Å². The van der Waals surface area contributed by atoms with Crippen molar-refractivity contribution in [3.8, 4) is 0 Å². The molecule has 5 rings (SSSR count). The molecule has 0 aliphatic carbocycles. The van der Waals surface area contributed by atoms with Crippen molar-refractivity contribution in [2.45, 2.75) is 31.9 Å². The van der Waals surface area contributed by atoms with Crippen LogP contribution in [0.3, 0.4) is 0 Å². The summed E-state index contributed by atoms with van der Waals surface area (Å²) >= 11 is 12.9. The molecule has 10 heteroatoms. The Labute approximate surface area is 208 Å². The van der Waals surface area contributed by atoms with Crippen LogP contribution < -0.4 is 21.3 Å². The number of benzene rings is 2. The topological polar surface area (TPSA) is 87.2 Å². The Morgan fingerprint density at radius 2 is 2.06 bits per heavy atom. The first-order valence-electron chi connectivity index (χ1n) is 11.2. The van der Waals surface area contributed by atoms with Gasteiger partial charge in [-0.05, 0) is 61.4 Å². The summed E-state index contributed by atoms with van der Waals surface area (Å²) < 4.78 is 0. The van der Waals surface area contributed by atoms with E-state index in [1.165, 1.54) is 11.1 Å². The van der Waals surface area contributed by atoms with Crippen molar-refractivity contribution in [2.24, 2.45) is 4.99 Å². The third-order valence-electron chi connectivity index (χ3n) is 6.08. The maximum absolute atomic E-state index is 10.4. The number of rotatable bonds is 6. The molecule has 0 fully saturated rings.